The predicted molar refractivity (Wildman–Crippen MR) is 74.8 cm³/mol. The first-order valence-corrected chi connectivity index (χ1v) is 6.96. The zero-order valence-corrected chi connectivity index (χ0v) is 12.4. The van der Waals surface area contributed by atoms with Gasteiger partial charge in [-0.1, -0.05) is 0 Å². The fourth-order valence-corrected chi connectivity index (χ4v) is 2.21. The maximum absolute atomic E-state index is 5.83. The van der Waals surface area contributed by atoms with Gasteiger partial charge in [0.15, 0.2) is 0 Å². The SMILES string of the molecule is Cc1ncc(CNc2nc(Cl)nc(OC(C)C)n2)s1. The third kappa shape index (κ3) is 4.29. The number of aryl methyl sites for hydroxylation is 1. The monoisotopic (exact) mass is 299 g/mol. The normalized spacial score (nSPS) is 10.8. The quantitative estimate of drug-likeness (QED) is 0.915. The first-order valence-electron chi connectivity index (χ1n) is 5.76. The molecule has 0 saturated carbocycles. The Kier molecular flexibility index (Phi) is 4.49. The summed E-state index contributed by atoms with van der Waals surface area (Å²) in [5.41, 5.74) is 0. The molecular formula is C11H14ClN5OS. The Morgan fingerprint density at radius 2 is 2.16 bits per heavy atom. The summed E-state index contributed by atoms with van der Waals surface area (Å²) in [6.45, 7) is 6.34. The number of ether oxygens (including phenoxy) is 1. The van der Waals surface area contributed by atoms with E-state index in [0.29, 0.717) is 12.5 Å². The van der Waals surface area contributed by atoms with Crippen LogP contribution in [-0.4, -0.2) is 26.0 Å². The number of aromatic nitrogens is 4. The molecule has 0 amide bonds. The maximum Gasteiger partial charge on any atom is 0.322 e. The van der Waals surface area contributed by atoms with E-state index in [1.807, 2.05) is 27.0 Å². The standard InChI is InChI=1S/C11H14ClN5OS/c1-6(2)18-11-16-9(12)15-10(17-11)14-5-8-4-13-7(3)19-8/h4,6H,5H2,1-3H3,(H,14,15,16,17). The lowest BCUT2D eigenvalue weighted by Crippen LogP contribution is -2.11. The third-order valence-corrected chi connectivity index (χ3v) is 3.10. The van der Waals surface area contributed by atoms with Crippen molar-refractivity contribution in [2.75, 3.05) is 5.32 Å². The highest BCUT2D eigenvalue weighted by molar-refractivity contribution is 7.11. The minimum absolute atomic E-state index is 0.0181. The van der Waals surface area contributed by atoms with Crippen LogP contribution in [0.5, 0.6) is 6.01 Å². The van der Waals surface area contributed by atoms with E-state index in [1.165, 1.54) is 0 Å². The lowest BCUT2D eigenvalue weighted by Gasteiger charge is -2.09. The van der Waals surface area contributed by atoms with Crippen molar-refractivity contribution in [3.8, 4) is 6.01 Å². The molecule has 2 heterocycles. The molecule has 0 fully saturated rings. The zero-order valence-electron chi connectivity index (χ0n) is 10.8. The number of hydrogen-bond acceptors (Lipinski definition) is 7. The van der Waals surface area contributed by atoms with Crippen molar-refractivity contribution in [1.29, 1.82) is 0 Å². The fraction of sp³-hybridized carbons (Fsp3) is 0.455. The summed E-state index contributed by atoms with van der Waals surface area (Å²) in [5, 5.41) is 4.20. The second-order valence-electron chi connectivity index (χ2n) is 4.08. The van der Waals surface area contributed by atoms with Crippen LogP contribution in [-0.2, 0) is 6.54 Å². The van der Waals surface area contributed by atoms with E-state index in [2.05, 4.69) is 25.3 Å². The summed E-state index contributed by atoms with van der Waals surface area (Å²) in [6, 6.07) is 0.220. The van der Waals surface area contributed by atoms with Crippen molar-refractivity contribution >= 4 is 28.9 Å². The molecular weight excluding hydrogens is 286 g/mol. The van der Waals surface area contributed by atoms with Crippen molar-refractivity contribution in [1.82, 2.24) is 19.9 Å². The van der Waals surface area contributed by atoms with Gasteiger partial charge in [0, 0.05) is 11.1 Å². The van der Waals surface area contributed by atoms with Crippen LogP contribution in [0.15, 0.2) is 6.20 Å². The van der Waals surface area contributed by atoms with Gasteiger partial charge in [0.25, 0.3) is 0 Å². The van der Waals surface area contributed by atoms with Gasteiger partial charge in [-0.2, -0.15) is 15.0 Å². The Balaban J connectivity index is 2.05. The lowest BCUT2D eigenvalue weighted by molar-refractivity contribution is 0.222. The topological polar surface area (TPSA) is 72.8 Å². The van der Waals surface area contributed by atoms with Crippen molar-refractivity contribution in [3.63, 3.8) is 0 Å². The molecule has 102 valence electrons. The van der Waals surface area contributed by atoms with E-state index in [9.17, 15) is 0 Å². The molecule has 2 aromatic heterocycles. The molecule has 0 bridgehead atoms. The largest absolute Gasteiger partial charge is 0.461 e. The van der Waals surface area contributed by atoms with Crippen LogP contribution in [0.25, 0.3) is 0 Å². The van der Waals surface area contributed by atoms with Crippen molar-refractivity contribution in [3.05, 3.63) is 21.4 Å². The van der Waals surface area contributed by atoms with Gasteiger partial charge in [0.05, 0.1) is 17.7 Å². The van der Waals surface area contributed by atoms with Crippen molar-refractivity contribution in [2.45, 2.75) is 33.4 Å². The van der Waals surface area contributed by atoms with Gasteiger partial charge < -0.3 is 10.1 Å². The molecule has 0 aliphatic carbocycles. The molecule has 0 aliphatic heterocycles. The van der Waals surface area contributed by atoms with Crippen LogP contribution < -0.4 is 10.1 Å². The molecule has 6 nitrogen and oxygen atoms in total. The minimum Gasteiger partial charge on any atom is -0.461 e. The van der Waals surface area contributed by atoms with Gasteiger partial charge in [-0.15, -0.1) is 11.3 Å². The number of thiazole rings is 1. The maximum atomic E-state index is 5.83. The molecule has 0 aliphatic rings. The summed E-state index contributed by atoms with van der Waals surface area (Å²) in [7, 11) is 0. The minimum atomic E-state index is -0.0181. The second-order valence-corrected chi connectivity index (χ2v) is 5.73. The number of rotatable bonds is 5. The van der Waals surface area contributed by atoms with Gasteiger partial charge >= 0.3 is 6.01 Å². The van der Waals surface area contributed by atoms with Crippen LogP contribution in [0, 0.1) is 6.92 Å². The molecule has 1 N–H and O–H groups in total. The summed E-state index contributed by atoms with van der Waals surface area (Å²) < 4.78 is 5.40. The van der Waals surface area contributed by atoms with Gasteiger partial charge in [0.1, 0.15) is 0 Å². The number of halogens is 1. The molecule has 0 radical (unpaired) electrons. The van der Waals surface area contributed by atoms with Crippen molar-refractivity contribution < 1.29 is 4.74 Å². The number of nitrogens with one attached hydrogen (secondary N) is 1. The molecule has 0 spiro atoms. The lowest BCUT2D eigenvalue weighted by atomic mass is 10.5. The van der Waals surface area contributed by atoms with Gasteiger partial charge in [0.2, 0.25) is 11.2 Å². The summed E-state index contributed by atoms with van der Waals surface area (Å²) in [6.07, 6.45) is 1.80. The van der Waals surface area contributed by atoms with Crippen LogP contribution in [0.2, 0.25) is 5.28 Å². The first kappa shape index (κ1) is 14.0. The van der Waals surface area contributed by atoms with Gasteiger partial charge in [-0.05, 0) is 32.4 Å². The highest BCUT2D eigenvalue weighted by Gasteiger charge is 2.08. The summed E-state index contributed by atoms with van der Waals surface area (Å²) >= 11 is 7.44. The Hall–Kier alpha value is -1.47. The molecule has 8 heteroatoms. The first-order chi connectivity index (χ1) is 9.02. The molecule has 0 saturated heterocycles. The zero-order chi connectivity index (χ0) is 13.8. The van der Waals surface area contributed by atoms with E-state index < -0.39 is 0 Å². The average molecular weight is 300 g/mol. The summed E-state index contributed by atoms with van der Waals surface area (Å²) in [5.74, 6) is 0.390. The molecule has 0 aromatic carbocycles. The Labute approximate surface area is 120 Å². The van der Waals surface area contributed by atoms with Gasteiger partial charge in [-0.25, -0.2) is 4.98 Å². The summed E-state index contributed by atoms with van der Waals surface area (Å²) in [4.78, 5) is 17.3. The van der Waals surface area contributed by atoms with Crippen LogP contribution in [0.1, 0.15) is 23.7 Å². The van der Waals surface area contributed by atoms with E-state index >= 15 is 0 Å². The Bertz CT molecular complexity index is 560. The molecule has 2 rings (SSSR count). The highest BCUT2D eigenvalue weighted by Crippen LogP contribution is 2.15. The Morgan fingerprint density at radius 3 is 2.79 bits per heavy atom. The third-order valence-electron chi connectivity index (χ3n) is 2.02. The second kappa shape index (κ2) is 6.12. The van der Waals surface area contributed by atoms with Gasteiger partial charge in [-0.3, -0.25) is 0 Å². The van der Waals surface area contributed by atoms with E-state index in [1.54, 1.807) is 11.3 Å². The number of nitrogens with zero attached hydrogens (tertiary/aromatic N) is 4. The number of hydrogen-bond donors (Lipinski definition) is 1. The van der Waals surface area contributed by atoms with E-state index in [-0.39, 0.29) is 17.4 Å². The smallest absolute Gasteiger partial charge is 0.322 e. The molecule has 0 atom stereocenters. The fourth-order valence-electron chi connectivity index (χ4n) is 1.33. The molecule has 0 unspecified atom stereocenters. The number of anilines is 1. The molecule has 19 heavy (non-hydrogen) atoms. The van der Waals surface area contributed by atoms with Crippen LogP contribution in [0.3, 0.4) is 0 Å². The molecule has 2 aromatic rings. The average Bonchev–Trinajstić information content (AvgIpc) is 2.71. The Morgan fingerprint density at radius 1 is 1.37 bits per heavy atom. The van der Waals surface area contributed by atoms with Crippen LogP contribution in [0.4, 0.5) is 5.95 Å². The predicted octanol–water partition coefficient (Wildman–Crippen LogP) is 2.69. The van der Waals surface area contributed by atoms with Crippen molar-refractivity contribution in [2.24, 2.45) is 0 Å². The van der Waals surface area contributed by atoms with E-state index in [4.69, 9.17) is 16.3 Å². The highest BCUT2D eigenvalue weighted by atomic mass is 35.5. The van der Waals surface area contributed by atoms with E-state index in [0.717, 1.165) is 9.88 Å². The van der Waals surface area contributed by atoms with Crippen LogP contribution >= 0.6 is 22.9 Å².